The Bertz CT molecular complexity index is 1050. The molecule has 8 heteroatoms. The van der Waals surface area contributed by atoms with Gasteiger partial charge in [0.1, 0.15) is 11.6 Å². The molecule has 0 radical (unpaired) electrons. The van der Waals surface area contributed by atoms with Crippen LogP contribution < -0.4 is 20.7 Å². The first-order valence-electron chi connectivity index (χ1n) is 10.7. The van der Waals surface area contributed by atoms with Gasteiger partial charge in [0.15, 0.2) is 0 Å². The fraction of sp³-hybridized carbons (Fsp3) is 0.292. The zero-order chi connectivity index (χ0) is 22.3. The Hall–Kier alpha value is -3.81. The van der Waals surface area contributed by atoms with Crippen LogP contribution >= 0.6 is 0 Å². The first kappa shape index (κ1) is 21.4. The van der Waals surface area contributed by atoms with Gasteiger partial charge in [-0.05, 0) is 61.4 Å². The summed E-state index contributed by atoms with van der Waals surface area (Å²) in [5, 5.41) is 13.2. The van der Waals surface area contributed by atoms with Gasteiger partial charge in [-0.15, -0.1) is 0 Å². The zero-order valence-corrected chi connectivity index (χ0v) is 18.0. The van der Waals surface area contributed by atoms with Gasteiger partial charge in [-0.25, -0.2) is 4.68 Å². The second-order valence-corrected chi connectivity index (χ2v) is 7.76. The van der Waals surface area contributed by atoms with Crippen molar-refractivity contribution in [2.75, 3.05) is 29.6 Å². The zero-order valence-electron chi connectivity index (χ0n) is 18.0. The predicted octanol–water partition coefficient (Wildman–Crippen LogP) is 4.31. The lowest BCUT2D eigenvalue weighted by molar-refractivity contribution is -0.114. The van der Waals surface area contributed by atoms with E-state index < -0.39 is 0 Å². The van der Waals surface area contributed by atoms with E-state index in [9.17, 15) is 9.59 Å². The van der Waals surface area contributed by atoms with E-state index >= 15 is 0 Å². The highest BCUT2D eigenvalue weighted by Crippen LogP contribution is 2.31. The fourth-order valence-electron chi connectivity index (χ4n) is 3.84. The van der Waals surface area contributed by atoms with Crippen molar-refractivity contribution < 1.29 is 14.3 Å². The van der Waals surface area contributed by atoms with Crippen LogP contribution in [0, 0.1) is 0 Å². The van der Waals surface area contributed by atoms with Gasteiger partial charge in [0, 0.05) is 23.0 Å². The predicted molar refractivity (Wildman–Crippen MR) is 124 cm³/mol. The molecule has 0 aliphatic heterocycles. The molecule has 1 aliphatic carbocycles. The van der Waals surface area contributed by atoms with E-state index in [0.717, 1.165) is 30.1 Å². The molecule has 3 N–H and O–H groups in total. The number of aromatic nitrogens is 2. The third-order valence-corrected chi connectivity index (χ3v) is 5.56. The van der Waals surface area contributed by atoms with Crippen LogP contribution in [0.15, 0.2) is 60.8 Å². The number of carbonyl (C=O) groups excluding carboxylic acids is 2. The van der Waals surface area contributed by atoms with E-state index in [-0.39, 0.29) is 18.4 Å². The Morgan fingerprint density at radius 3 is 2.34 bits per heavy atom. The highest BCUT2D eigenvalue weighted by molar-refractivity contribution is 6.04. The second kappa shape index (κ2) is 10.00. The number of anilines is 3. The summed E-state index contributed by atoms with van der Waals surface area (Å²) in [5.41, 5.74) is 1.97. The van der Waals surface area contributed by atoms with Gasteiger partial charge < -0.3 is 20.7 Å². The lowest BCUT2D eigenvalue weighted by Gasteiger charge is -2.15. The summed E-state index contributed by atoms with van der Waals surface area (Å²) in [6, 6.07) is 16.3. The summed E-state index contributed by atoms with van der Waals surface area (Å²) in [7, 11) is 1.60. The van der Waals surface area contributed by atoms with Gasteiger partial charge in [0.05, 0.1) is 25.9 Å². The summed E-state index contributed by atoms with van der Waals surface area (Å²) in [4.78, 5) is 24.8. The van der Waals surface area contributed by atoms with Crippen LogP contribution in [0.3, 0.4) is 0 Å². The average Bonchev–Trinajstić information content (AvgIpc) is 3.50. The second-order valence-electron chi connectivity index (χ2n) is 7.76. The van der Waals surface area contributed by atoms with Crippen LogP contribution in [-0.2, 0) is 4.79 Å². The van der Waals surface area contributed by atoms with Crippen molar-refractivity contribution >= 4 is 29.0 Å². The third-order valence-electron chi connectivity index (χ3n) is 5.56. The van der Waals surface area contributed by atoms with Crippen LogP contribution in [0.5, 0.6) is 5.75 Å². The Balaban J connectivity index is 1.27. The first-order valence-corrected chi connectivity index (χ1v) is 10.7. The number of rotatable bonds is 8. The Labute approximate surface area is 187 Å². The molecule has 1 saturated carbocycles. The maximum atomic E-state index is 12.4. The van der Waals surface area contributed by atoms with E-state index in [1.807, 2.05) is 10.7 Å². The number of carbonyl (C=O) groups is 2. The number of nitrogens with one attached hydrogen (secondary N) is 3. The average molecular weight is 434 g/mol. The van der Waals surface area contributed by atoms with Crippen molar-refractivity contribution in [2.24, 2.45) is 0 Å². The maximum Gasteiger partial charge on any atom is 0.255 e. The molecular weight excluding hydrogens is 406 g/mol. The molecule has 1 fully saturated rings. The molecule has 3 aromatic rings. The monoisotopic (exact) mass is 433 g/mol. The van der Waals surface area contributed by atoms with Crippen molar-refractivity contribution in [1.82, 2.24) is 9.78 Å². The van der Waals surface area contributed by atoms with E-state index in [2.05, 4.69) is 21.0 Å². The summed E-state index contributed by atoms with van der Waals surface area (Å²) >= 11 is 0. The Morgan fingerprint density at radius 2 is 1.66 bits per heavy atom. The minimum atomic E-state index is -0.209. The van der Waals surface area contributed by atoms with E-state index in [4.69, 9.17) is 4.74 Å². The van der Waals surface area contributed by atoms with Crippen LogP contribution in [0.2, 0.25) is 0 Å². The highest BCUT2D eigenvalue weighted by Gasteiger charge is 2.20. The molecular formula is C24H27N5O3. The van der Waals surface area contributed by atoms with Crippen LogP contribution in [0.25, 0.3) is 0 Å². The van der Waals surface area contributed by atoms with Crippen molar-refractivity contribution in [3.63, 3.8) is 0 Å². The quantitative estimate of drug-likeness (QED) is 0.492. The number of hydrogen-bond acceptors (Lipinski definition) is 5. The summed E-state index contributed by atoms with van der Waals surface area (Å²) in [6.07, 6.45) is 6.32. The molecule has 166 valence electrons. The SMILES string of the molecule is COc1ccc(NC(=O)c2ccc(NCC(=O)Nc3ccnn3C3CCCC3)cc2)cc1. The van der Waals surface area contributed by atoms with Gasteiger partial charge >= 0.3 is 0 Å². The van der Waals surface area contributed by atoms with Gasteiger partial charge in [0.25, 0.3) is 5.91 Å². The molecule has 1 heterocycles. The summed E-state index contributed by atoms with van der Waals surface area (Å²) in [5.74, 6) is 1.10. The van der Waals surface area contributed by atoms with E-state index in [1.54, 1.807) is 61.8 Å². The summed E-state index contributed by atoms with van der Waals surface area (Å²) < 4.78 is 7.04. The van der Waals surface area contributed by atoms with Crippen LogP contribution in [0.1, 0.15) is 42.1 Å². The fourth-order valence-corrected chi connectivity index (χ4v) is 3.84. The number of ether oxygens (including phenoxy) is 1. The molecule has 1 aliphatic rings. The Morgan fingerprint density at radius 1 is 0.969 bits per heavy atom. The van der Waals surface area contributed by atoms with Crippen molar-refractivity contribution in [3.8, 4) is 5.75 Å². The number of hydrogen-bond donors (Lipinski definition) is 3. The smallest absolute Gasteiger partial charge is 0.255 e. The van der Waals surface area contributed by atoms with Crippen molar-refractivity contribution in [3.05, 3.63) is 66.4 Å². The molecule has 8 nitrogen and oxygen atoms in total. The van der Waals surface area contributed by atoms with Crippen molar-refractivity contribution in [1.29, 1.82) is 0 Å². The molecule has 1 aromatic heterocycles. The largest absolute Gasteiger partial charge is 0.497 e. The lowest BCUT2D eigenvalue weighted by Crippen LogP contribution is -2.24. The first-order chi connectivity index (χ1) is 15.6. The van der Waals surface area contributed by atoms with Crippen LogP contribution in [0.4, 0.5) is 17.2 Å². The highest BCUT2D eigenvalue weighted by atomic mass is 16.5. The molecule has 2 aromatic carbocycles. The minimum absolute atomic E-state index is 0.118. The van der Waals surface area contributed by atoms with Gasteiger partial charge in [-0.1, -0.05) is 12.8 Å². The third kappa shape index (κ3) is 5.26. The molecule has 0 atom stereocenters. The number of benzene rings is 2. The molecule has 32 heavy (non-hydrogen) atoms. The molecule has 2 amide bonds. The van der Waals surface area contributed by atoms with E-state index in [0.29, 0.717) is 17.3 Å². The minimum Gasteiger partial charge on any atom is -0.497 e. The lowest BCUT2D eigenvalue weighted by atomic mass is 10.2. The number of methoxy groups -OCH3 is 1. The van der Waals surface area contributed by atoms with Gasteiger partial charge in [-0.2, -0.15) is 5.10 Å². The standard InChI is InChI=1S/C24H27N5O3/c1-32-21-12-10-19(11-13-21)27-24(31)17-6-8-18(9-7-17)25-16-23(30)28-22-14-15-26-29(22)20-4-2-3-5-20/h6-15,20,25H,2-5,16H2,1H3,(H,27,31)(H,28,30). The van der Waals surface area contributed by atoms with Crippen LogP contribution in [-0.4, -0.2) is 35.2 Å². The Kier molecular flexibility index (Phi) is 6.69. The molecule has 0 saturated heterocycles. The summed E-state index contributed by atoms with van der Waals surface area (Å²) in [6.45, 7) is 0.118. The molecule has 0 unspecified atom stereocenters. The normalized spacial score (nSPS) is 13.5. The molecule has 0 bridgehead atoms. The number of amides is 2. The van der Waals surface area contributed by atoms with E-state index in [1.165, 1.54) is 12.8 Å². The topological polar surface area (TPSA) is 97.3 Å². The van der Waals surface area contributed by atoms with Gasteiger partial charge in [-0.3, -0.25) is 9.59 Å². The molecule has 4 rings (SSSR count). The van der Waals surface area contributed by atoms with Gasteiger partial charge in [0.2, 0.25) is 5.91 Å². The number of nitrogens with zero attached hydrogens (tertiary/aromatic N) is 2. The van der Waals surface area contributed by atoms with Crippen molar-refractivity contribution in [2.45, 2.75) is 31.7 Å². The molecule has 0 spiro atoms. The maximum absolute atomic E-state index is 12.4.